The van der Waals surface area contributed by atoms with Crippen LogP contribution in [0.2, 0.25) is 0 Å². The van der Waals surface area contributed by atoms with Crippen molar-refractivity contribution in [1.29, 1.82) is 0 Å². The predicted molar refractivity (Wildman–Crippen MR) is 73.2 cm³/mol. The van der Waals surface area contributed by atoms with E-state index >= 15 is 0 Å². The molecule has 0 saturated heterocycles. The van der Waals surface area contributed by atoms with Gasteiger partial charge in [0.15, 0.2) is 17.5 Å². The van der Waals surface area contributed by atoms with Crippen LogP contribution in [0.4, 0.5) is 13.2 Å². The van der Waals surface area contributed by atoms with Crippen LogP contribution in [0, 0.1) is 24.4 Å². The second-order valence-electron chi connectivity index (χ2n) is 4.64. The van der Waals surface area contributed by atoms with E-state index in [2.05, 4.69) is 5.43 Å². The highest BCUT2D eigenvalue weighted by Crippen LogP contribution is 2.31. The van der Waals surface area contributed by atoms with Gasteiger partial charge in [-0.15, -0.1) is 0 Å². The molecule has 0 radical (unpaired) electrons. The minimum atomic E-state index is -1.51. The lowest BCUT2D eigenvalue weighted by atomic mass is 9.96. The second-order valence-corrected chi connectivity index (χ2v) is 4.64. The minimum absolute atomic E-state index is 0.165. The Kier molecular flexibility index (Phi) is 4.50. The highest BCUT2D eigenvalue weighted by Gasteiger charge is 2.21. The molecule has 0 aliphatic heterocycles. The zero-order chi connectivity index (χ0) is 15.6. The summed E-state index contributed by atoms with van der Waals surface area (Å²) in [5, 5.41) is 0. The molecule has 0 spiro atoms. The van der Waals surface area contributed by atoms with Gasteiger partial charge in [-0.05, 0) is 30.7 Å². The van der Waals surface area contributed by atoms with Gasteiger partial charge in [-0.1, -0.05) is 17.7 Å². The zero-order valence-electron chi connectivity index (χ0n) is 11.6. The fourth-order valence-corrected chi connectivity index (χ4v) is 2.19. The third-order valence-electron chi connectivity index (χ3n) is 3.20. The molecule has 0 aromatic heterocycles. The maximum absolute atomic E-state index is 13.4. The van der Waals surface area contributed by atoms with Gasteiger partial charge in [0.2, 0.25) is 0 Å². The fourth-order valence-electron chi connectivity index (χ4n) is 2.19. The molecular formula is C15H15F3N2O. The minimum Gasteiger partial charge on any atom is -0.496 e. The van der Waals surface area contributed by atoms with E-state index in [1.807, 2.05) is 13.0 Å². The average molecular weight is 296 g/mol. The molecule has 3 N–H and O–H groups in total. The van der Waals surface area contributed by atoms with E-state index in [1.165, 1.54) is 7.11 Å². The number of methoxy groups -OCH3 is 1. The first kappa shape index (κ1) is 15.3. The smallest absolute Gasteiger partial charge is 0.194 e. The number of halogens is 3. The number of nitrogens with one attached hydrogen (secondary N) is 1. The van der Waals surface area contributed by atoms with E-state index in [0.29, 0.717) is 11.3 Å². The van der Waals surface area contributed by atoms with Crippen molar-refractivity contribution in [2.75, 3.05) is 7.11 Å². The molecule has 3 nitrogen and oxygen atoms in total. The van der Waals surface area contributed by atoms with Crippen molar-refractivity contribution < 1.29 is 17.9 Å². The van der Waals surface area contributed by atoms with Crippen molar-refractivity contribution in [3.63, 3.8) is 0 Å². The van der Waals surface area contributed by atoms with Crippen LogP contribution in [-0.2, 0) is 0 Å². The molecule has 6 heteroatoms. The number of nitrogens with two attached hydrogens (primary N) is 1. The molecule has 112 valence electrons. The van der Waals surface area contributed by atoms with E-state index < -0.39 is 23.5 Å². The van der Waals surface area contributed by atoms with Gasteiger partial charge >= 0.3 is 0 Å². The Morgan fingerprint density at radius 3 is 2.24 bits per heavy atom. The number of hydrogen-bond donors (Lipinski definition) is 2. The summed E-state index contributed by atoms with van der Waals surface area (Å²) in [5.41, 5.74) is 4.17. The Hall–Kier alpha value is -2.05. The molecule has 0 amide bonds. The maximum Gasteiger partial charge on any atom is 0.194 e. The Morgan fingerprint density at radius 1 is 1.10 bits per heavy atom. The molecule has 2 aromatic rings. The first-order valence-electron chi connectivity index (χ1n) is 6.23. The monoisotopic (exact) mass is 296 g/mol. The topological polar surface area (TPSA) is 47.3 Å². The number of rotatable bonds is 4. The van der Waals surface area contributed by atoms with E-state index in [9.17, 15) is 13.2 Å². The summed E-state index contributed by atoms with van der Waals surface area (Å²) < 4.78 is 45.1. The van der Waals surface area contributed by atoms with E-state index in [-0.39, 0.29) is 5.56 Å². The number of ether oxygens (including phenoxy) is 1. The van der Waals surface area contributed by atoms with Crippen LogP contribution in [0.5, 0.6) is 5.75 Å². The number of aryl methyl sites for hydroxylation is 1. The van der Waals surface area contributed by atoms with Crippen LogP contribution < -0.4 is 16.0 Å². The van der Waals surface area contributed by atoms with E-state index in [0.717, 1.165) is 17.7 Å². The number of hydrogen-bond acceptors (Lipinski definition) is 3. The van der Waals surface area contributed by atoms with Crippen molar-refractivity contribution in [2.45, 2.75) is 13.0 Å². The van der Waals surface area contributed by atoms with Crippen molar-refractivity contribution in [3.8, 4) is 5.75 Å². The van der Waals surface area contributed by atoms with Crippen molar-refractivity contribution in [3.05, 3.63) is 64.5 Å². The lowest BCUT2D eigenvalue weighted by molar-refractivity contribution is 0.403. The lowest BCUT2D eigenvalue weighted by Crippen LogP contribution is -2.29. The molecule has 21 heavy (non-hydrogen) atoms. The summed E-state index contributed by atoms with van der Waals surface area (Å²) in [4.78, 5) is 0. The molecule has 1 unspecified atom stereocenters. The molecule has 2 rings (SSSR count). The number of hydrazine groups is 1. The van der Waals surface area contributed by atoms with E-state index in [4.69, 9.17) is 10.6 Å². The standard InChI is InChI=1S/C15H15F3N2O/c1-8-3-4-13(21-2)10(5-8)15(20-19)9-6-11(16)14(18)12(17)7-9/h3-7,15,20H,19H2,1-2H3. The third-order valence-corrected chi connectivity index (χ3v) is 3.20. The van der Waals surface area contributed by atoms with Gasteiger partial charge < -0.3 is 4.74 Å². The molecule has 0 aliphatic rings. The van der Waals surface area contributed by atoms with Gasteiger partial charge in [-0.3, -0.25) is 5.84 Å². The van der Waals surface area contributed by atoms with Crippen LogP contribution in [0.15, 0.2) is 30.3 Å². The van der Waals surface area contributed by atoms with Crippen LogP contribution in [0.25, 0.3) is 0 Å². The van der Waals surface area contributed by atoms with Gasteiger partial charge in [0.1, 0.15) is 5.75 Å². The normalized spacial score (nSPS) is 12.3. The summed E-state index contributed by atoms with van der Waals surface area (Å²) in [7, 11) is 1.48. The van der Waals surface area contributed by atoms with Crippen LogP contribution >= 0.6 is 0 Å². The van der Waals surface area contributed by atoms with Gasteiger partial charge in [0, 0.05) is 5.56 Å². The molecule has 0 heterocycles. The molecule has 0 bridgehead atoms. The van der Waals surface area contributed by atoms with Crippen LogP contribution in [0.3, 0.4) is 0 Å². The molecular weight excluding hydrogens is 281 g/mol. The molecule has 0 saturated carbocycles. The zero-order valence-corrected chi connectivity index (χ0v) is 11.6. The van der Waals surface area contributed by atoms with Gasteiger partial charge in [0.25, 0.3) is 0 Å². The van der Waals surface area contributed by atoms with Crippen molar-refractivity contribution >= 4 is 0 Å². The molecule has 0 aliphatic carbocycles. The summed E-state index contributed by atoms with van der Waals surface area (Å²) in [6.45, 7) is 1.86. The summed E-state index contributed by atoms with van der Waals surface area (Å²) in [6.07, 6.45) is 0. The first-order chi connectivity index (χ1) is 9.97. The third kappa shape index (κ3) is 3.01. The number of benzene rings is 2. The van der Waals surface area contributed by atoms with Gasteiger partial charge in [0.05, 0.1) is 13.2 Å². The Labute approximate surface area is 120 Å². The molecule has 0 fully saturated rings. The summed E-state index contributed by atoms with van der Waals surface area (Å²) in [5.74, 6) is 1.97. The largest absolute Gasteiger partial charge is 0.496 e. The highest BCUT2D eigenvalue weighted by molar-refractivity contribution is 5.44. The quantitative estimate of drug-likeness (QED) is 0.518. The lowest BCUT2D eigenvalue weighted by Gasteiger charge is -2.20. The molecule has 1 atom stereocenters. The summed E-state index contributed by atoms with van der Waals surface area (Å²) >= 11 is 0. The van der Waals surface area contributed by atoms with Crippen molar-refractivity contribution in [1.82, 2.24) is 5.43 Å². The van der Waals surface area contributed by atoms with E-state index in [1.54, 1.807) is 12.1 Å². The SMILES string of the molecule is COc1ccc(C)cc1C(NN)c1cc(F)c(F)c(F)c1. The van der Waals surface area contributed by atoms with Crippen LogP contribution in [-0.4, -0.2) is 7.11 Å². The summed E-state index contributed by atoms with van der Waals surface area (Å²) in [6, 6.07) is 6.43. The van der Waals surface area contributed by atoms with Crippen molar-refractivity contribution in [2.24, 2.45) is 5.84 Å². The van der Waals surface area contributed by atoms with Crippen LogP contribution in [0.1, 0.15) is 22.7 Å². The predicted octanol–water partition coefficient (Wildman–Crippen LogP) is 2.97. The highest BCUT2D eigenvalue weighted by atomic mass is 19.2. The molecule has 2 aromatic carbocycles. The Morgan fingerprint density at radius 2 is 1.71 bits per heavy atom. The van der Waals surface area contributed by atoms with Gasteiger partial charge in [-0.25, -0.2) is 18.6 Å². The Balaban J connectivity index is 2.57. The first-order valence-corrected chi connectivity index (χ1v) is 6.23. The van der Waals surface area contributed by atoms with Gasteiger partial charge in [-0.2, -0.15) is 0 Å². The Bertz CT molecular complexity index is 638. The fraction of sp³-hybridized carbons (Fsp3) is 0.200. The average Bonchev–Trinajstić information content (AvgIpc) is 2.46. The second kappa shape index (κ2) is 6.15. The maximum atomic E-state index is 13.4.